The molecule has 1 rings (SSSR count). The Morgan fingerprint density at radius 2 is 1.67 bits per heavy atom. The highest BCUT2D eigenvalue weighted by Crippen LogP contribution is 2.31. The van der Waals surface area contributed by atoms with Gasteiger partial charge in [-0.15, -0.1) is 0 Å². The van der Waals surface area contributed by atoms with Crippen LogP contribution in [0.15, 0.2) is 12.1 Å². The Hall–Kier alpha value is -1.53. The van der Waals surface area contributed by atoms with Crippen molar-refractivity contribution < 1.29 is 17.6 Å². The number of nitrogens with one attached hydrogen (secondary N) is 2. The van der Waals surface area contributed by atoms with Gasteiger partial charge in [0.1, 0.15) is 18.3 Å². The lowest BCUT2D eigenvalue weighted by Gasteiger charge is -2.13. The van der Waals surface area contributed by atoms with Gasteiger partial charge in [-0.3, -0.25) is 0 Å². The highest BCUT2D eigenvalue weighted by Gasteiger charge is 2.31. The van der Waals surface area contributed by atoms with Crippen LogP contribution < -0.4 is 10.6 Å². The van der Waals surface area contributed by atoms with Crippen molar-refractivity contribution in [1.82, 2.24) is 4.98 Å². The third-order valence-corrected chi connectivity index (χ3v) is 2.11. The van der Waals surface area contributed by atoms with E-state index in [-0.39, 0.29) is 18.2 Å². The summed E-state index contributed by atoms with van der Waals surface area (Å²) >= 11 is 0. The molecule has 0 radical (unpaired) electrons. The Bertz CT molecular complexity index is 353. The number of hydrogen-bond donors (Lipinski definition) is 2. The minimum Gasteiger partial charge on any atom is -0.370 e. The molecule has 0 bridgehead atoms. The van der Waals surface area contributed by atoms with Crippen molar-refractivity contribution in [3.05, 3.63) is 17.7 Å². The number of halogens is 4. The van der Waals surface area contributed by atoms with Crippen LogP contribution in [-0.2, 0) is 6.18 Å². The van der Waals surface area contributed by atoms with Gasteiger partial charge in [0.05, 0.1) is 5.56 Å². The first-order valence-electron chi connectivity index (χ1n) is 5.60. The van der Waals surface area contributed by atoms with Gasteiger partial charge < -0.3 is 10.6 Å². The Labute approximate surface area is 103 Å². The molecule has 102 valence electrons. The average Bonchev–Trinajstić information content (AvgIpc) is 2.32. The second kappa shape index (κ2) is 6.42. The number of aromatic nitrogens is 1. The summed E-state index contributed by atoms with van der Waals surface area (Å²) in [4.78, 5) is 3.93. The zero-order valence-electron chi connectivity index (χ0n) is 9.94. The molecule has 0 spiro atoms. The molecule has 1 aromatic rings. The molecule has 0 aliphatic rings. The van der Waals surface area contributed by atoms with Crippen LogP contribution in [-0.4, -0.2) is 24.7 Å². The molecule has 0 aromatic carbocycles. The van der Waals surface area contributed by atoms with Crippen LogP contribution >= 0.6 is 0 Å². The maximum absolute atomic E-state index is 12.6. The van der Waals surface area contributed by atoms with Gasteiger partial charge in [0.2, 0.25) is 0 Å². The molecule has 0 saturated carbocycles. The van der Waals surface area contributed by atoms with Crippen LogP contribution in [0, 0.1) is 0 Å². The number of pyridine rings is 1. The lowest BCUT2D eigenvalue weighted by atomic mass is 10.2. The van der Waals surface area contributed by atoms with Crippen molar-refractivity contribution in [2.75, 3.05) is 30.4 Å². The smallest absolute Gasteiger partial charge is 0.370 e. The van der Waals surface area contributed by atoms with Gasteiger partial charge >= 0.3 is 6.18 Å². The van der Waals surface area contributed by atoms with Gasteiger partial charge in [-0.1, -0.05) is 6.92 Å². The molecular formula is C11H15F4N3. The van der Waals surface area contributed by atoms with E-state index in [1.54, 1.807) is 0 Å². The van der Waals surface area contributed by atoms with E-state index in [1.165, 1.54) is 0 Å². The molecule has 0 unspecified atom stereocenters. The monoisotopic (exact) mass is 265 g/mol. The number of alkyl halides is 4. The second-order valence-corrected chi connectivity index (χ2v) is 3.67. The van der Waals surface area contributed by atoms with Gasteiger partial charge in [0.25, 0.3) is 0 Å². The number of hydrogen-bond acceptors (Lipinski definition) is 3. The van der Waals surface area contributed by atoms with Crippen LogP contribution in [0.5, 0.6) is 0 Å². The predicted molar refractivity (Wildman–Crippen MR) is 62.5 cm³/mol. The molecular weight excluding hydrogens is 250 g/mol. The molecule has 0 aliphatic heterocycles. The molecule has 1 heterocycles. The van der Waals surface area contributed by atoms with Gasteiger partial charge in [0.15, 0.2) is 0 Å². The van der Waals surface area contributed by atoms with E-state index in [0.29, 0.717) is 6.54 Å². The highest BCUT2D eigenvalue weighted by molar-refractivity contribution is 5.49. The molecule has 3 nitrogen and oxygen atoms in total. The first-order chi connectivity index (χ1) is 8.47. The fourth-order valence-corrected chi connectivity index (χ4v) is 1.30. The van der Waals surface area contributed by atoms with Gasteiger partial charge in [-0.05, 0) is 18.6 Å². The lowest BCUT2D eigenvalue weighted by molar-refractivity contribution is -0.137. The third-order valence-electron chi connectivity index (χ3n) is 2.11. The first-order valence-corrected chi connectivity index (χ1v) is 5.60. The number of nitrogens with zero attached hydrogens (tertiary/aromatic N) is 1. The minimum absolute atomic E-state index is 0.0149. The highest BCUT2D eigenvalue weighted by atomic mass is 19.4. The van der Waals surface area contributed by atoms with E-state index in [2.05, 4.69) is 15.6 Å². The number of rotatable bonds is 6. The maximum atomic E-state index is 12.6. The van der Waals surface area contributed by atoms with E-state index < -0.39 is 18.4 Å². The van der Waals surface area contributed by atoms with E-state index in [1.807, 2.05) is 6.92 Å². The molecule has 0 atom stereocenters. The molecule has 0 aliphatic carbocycles. The van der Waals surface area contributed by atoms with Crippen molar-refractivity contribution in [2.45, 2.75) is 19.5 Å². The Morgan fingerprint density at radius 3 is 2.11 bits per heavy atom. The molecule has 0 saturated heterocycles. The third kappa shape index (κ3) is 4.38. The van der Waals surface area contributed by atoms with E-state index in [9.17, 15) is 17.6 Å². The quantitative estimate of drug-likeness (QED) is 0.775. The van der Waals surface area contributed by atoms with Crippen molar-refractivity contribution in [1.29, 1.82) is 0 Å². The zero-order chi connectivity index (χ0) is 13.6. The molecule has 0 fully saturated rings. The first kappa shape index (κ1) is 14.5. The summed E-state index contributed by atoms with van der Waals surface area (Å²) < 4.78 is 49.9. The number of anilines is 2. The lowest BCUT2D eigenvalue weighted by Crippen LogP contribution is -2.12. The summed E-state index contributed by atoms with van der Waals surface area (Å²) in [6.07, 6.45) is -3.68. The fraction of sp³-hybridized carbons (Fsp3) is 0.545. The molecule has 18 heavy (non-hydrogen) atoms. The van der Waals surface area contributed by atoms with Crippen LogP contribution in [0.25, 0.3) is 0 Å². The molecule has 1 aromatic heterocycles. The van der Waals surface area contributed by atoms with Crippen molar-refractivity contribution in [3.8, 4) is 0 Å². The Balaban J connectivity index is 2.96. The van der Waals surface area contributed by atoms with Crippen molar-refractivity contribution in [3.63, 3.8) is 0 Å². The van der Waals surface area contributed by atoms with Gasteiger partial charge in [0, 0.05) is 13.1 Å². The van der Waals surface area contributed by atoms with Crippen molar-refractivity contribution in [2.24, 2.45) is 0 Å². The normalized spacial score (nSPS) is 11.4. The van der Waals surface area contributed by atoms with E-state index in [4.69, 9.17) is 0 Å². The predicted octanol–water partition coefficient (Wildman–Crippen LogP) is 3.30. The van der Waals surface area contributed by atoms with Crippen LogP contribution in [0.4, 0.5) is 29.2 Å². The molecule has 2 N–H and O–H groups in total. The standard InChI is InChI=1S/C11H15F4N3/c1-2-4-16-9-6-8(11(13,14)15)7-10(18-9)17-5-3-12/h6-7H,2-5H2,1H3,(H2,16,17,18). The summed E-state index contributed by atoms with van der Waals surface area (Å²) in [5, 5.41) is 5.28. The van der Waals surface area contributed by atoms with Crippen molar-refractivity contribution >= 4 is 11.6 Å². The largest absolute Gasteiger partial charge is 0.416 e. The van der Waals surface area contributed by atoms with Gasteiger partial charge in [-0.2, -0.15) is 13.2 Å². The summed E-state index contributed by atoms with van der Waals surface area (Å²) in [5.74, 6) is 0.147. The summed E-state index contributed by atoms with van der Waals surface area (Å²) in [7, 11) is 0. The summed E-state index contributed by atoms with van der Waals surface area (Å²) in [5.41, 5.74) is -0.808. The van der Waals surface area contributed by atoms with Crippen LogP contribution in [0.3, 0.4) is 0 Å². The maximum Gasteiger partial charge on any atom is 0.416 e. The molecule has 0 amide bonds. The molecule has 7 heteroatoms. The fourth-order valence-electron chi connectivity index (χ4n) is 1.30. The van der Waals surface area contributed by atoms with Crippen LogP contribution in [0.1, 0.15) is 18.9 Å². The Morgan fingerprint density at radius 1 is 1.11 bits per heavy atom. The van der Waals surface area contributed by atoms with E-state index >= 15 is 0 Å². The minimum atomic E-state index is -4.45. The summed E-state index contributed by atoms with van der Waals surface area (Å²) in [6, 6.07) is 1.81. The van der Waals surface area contributed by atoms with Gasteiger partial charge in [-0.25, -0.2) is 9.37 Å². The van der Waals surface area contributed by atoms with E-state index in [0.717, 1.165) is 18.6 Å². The zero-order valence-corrected chi connectivity index (χ0v) is 9.94. The SMILES string of the molecule is CCCNc1cc(C(F)(F)F)cc(NCCF)n1. The topological polar surface area (TPSA) is 37.0 Å². The van der Waals surface area contributed by atoms with Crippen LogP contribution in [0.2, 0.25) is 0 Å². The second-order valence-electron chi connectivity index (χ2n) is 3.67. The Kier molecular flexibility index (Phi) is 5.18. The summed E-state index contributed by atoms with van der Waals surface area (Å²) in [6.45, 7) is 1.68. The average molecular weight is 265 g/mol.